The number of amides is 6. The van der Waals surface area contributed by atoms with Crippen LogP contribution in [0.25, 0.3) is 22.0 Å². The van der Waals surface area contributed by atoms with Gasteiger partial charge >= 0.3 is 11.6 Å². The van der Waals surface area contributed by atoms with Crippen LogP contribution in [-0.4, -0.2) is 169 Å². The van der Waals surface area contributed by atoms with Crippen LogP contribution in [0, 0.1) is 0 Å². The quantitative estimate of drug-likeness (QED) is 0.0726. The summed E-state index contributed by atoms with van der Waals surface area (Å²) in [6.45, 7) is 0. The minimum atomic E-state index is -4.17. The van der Waals surface area contributed by atoms with E-state index in [1.165, 1.54) is 93.2 Å². The Bertz CT molecular complexity index is 8520. The van der Waals surface area contributed by atoms with Crippen molar-refractivity contribution in [2.24, 2.45) is 0 Å². The maximum atomic E-state index is 14.5. The van der Waals surface area contributed by atoms with Crippen LogP contribution >= 0.6 is 82.6 Å². The number of carbonyl (C=O) groups is 6. The van der Waals surface area contributed by atoms with E-state index in [-0.39, 0.29) is 45.7 Å². The topological polar surface area (TPSA) is 250 Å². The van der Waals surface area contributed by atoms with E-state index in [0.29, 0.717) is 40.6 Å². The van der Waals surface area contributed by atoms with Crippen LogP contribution in [0.4, 0.5) is 22.7 Å². The second-order valence-electron chi connectivity index (χ2n) is 32.9. The number of carbonyl (C=O) groups excluding carboxylic acids is 6. The Morgan fingerprint density at radius 1 is 0.410 bits per heavy atom. The number of hydrogen-bond acceptors (Lipinski definition) is 22. The minimum absolute atomic E-state index is 0.0569. The summed E-state index contributed by atoms with van der Waals surface area (Å²) in [6.07, 6.45) is 6.16. The second kappa shape index (κ2) is 45.7. The van der Waals surface area contributed by atoms with Crippen molar-refractivity contribution in [3.63, 3.8) is 0 Å². The molecule has 15 aliphatic rings. The summed E-state index contributed by atoms with van der Waals surface area (Å²) in [5.41, 5.74) is 11.5. The maximum absolute atomic E-state index is 14.5. The maximum Gasteiger partial charge on any atom is 0.335 e. The zero-order chi connectivity index (χ0) is 101. The van der Waals surface area contributed by atoms with Crippen molar-refractivity contribution >= 4 is 425 Å². The molecule has 13 aliphatic heterocycles. The van der Waals surface area contributed by atoms with Crippen LogP contribution in [0.2, 0.25) is 0 Å². The van der Waals surface area contributed by atoms with Crippen molar-refractivity contribution < 1.29 is 54.0 Å². The average molecular weight is 2570 g/mol. The number of piperazine rings is 3. The molecule has 10 saturated heterocycles. The summed E-state index contributed by atoms with van der Waals surface area (Å²) in [6, 6.07) is 74.5. The monoisotopic (exact) mass is 2570 g/mol. The van der Waals surface area contributed by atoms with Crippen LogP contribution < -0.4 is 13.5 Å². The predicted molar refractivity (Wildman–Crippen MR) is 656 cm³/mol. The third-order valence-corrected chi connectivity index (χ3v) is 86.3. The molecule has 25 rings (SSSR count). The van der Waals surface area contributed by atoms with Crippen molar-refractivity contribution in [1.82, 2.24) is 34.4 Å². The molecule has 750 valence electrons. The van der Waals surface area contributed by atoms with E-state index < -0.39 is 103 Å². The van der Waals surface area contributed by atoms with Gasteiger partial charge in [0.25, 0.3) is 55.5 Å². The Morgan fingerprint density at radius 2 is 0.799 bits per heavy atom. The Balaban J connectivity index is 0.000000122. The van der Waals surface area contributed by atoms with Gasteiger partial charge < -0.3 is 24.6 Å². The molecule has 0 radical (unpaired) electrons. The largest absolute Gasteiger partial charge is 0.361 e. The van der Waals surface area contributed by atoms with E-state index >= 15 is 0 Å². The number of nitrogens with zero attached hydrogens (tertiary/aromatic N) is 9. The van der Waals surface area contributed by atoms with Crippen molar-refractivity contribution in [2.45, 2.75) is 107 Å². The third-order valence-electron chi connectivity index (χ3n) is 26.5. The predicted octanol–water partition coefficient (Wildman–Crippen LogP) is 12.6. The molecule has 2 spiro atoms. The van der Waals surface area contributed by atoms with Crippen LogP contribution in [-0.2, 0) is 316 Å². The fourth-order valence-corrected chi connectivity index (χ4v) is 90.1. The molecule has 1 N–H and O–H groups in total. The molecular weight excluding hydrogens is 2500 g/mol. The van der Waals surface area contributed by atoms with Gasteiger partial charge in [0.1, 0.15) is 22.0 Å². The molecule has 1 aromatic heterocycles. The number of allylic oxidation sites excluding steroid dienone is 2. The summed E-state index contributed by atoms with van der Waals surface area (Å²) < 4.78 is 78.0. The molecule has 10 aromatic rings. The van der Waals surface area contributed by atoms with Crippen molar-refractivity contribution in [2.75, 3.05) is 34.7 Å². The van der Waals surface area contributed by atoms with Crippen LogP contribution in [0.5, 0.6) is 0 Å². The number of aromatic amines is 1. The van der Waals surface area contributed by atoms with Gasteiger partial charge in [-0.25, -0.2) is 25.4 Å². The lowest BCUT2D eigenvalue weighted by molar-refractivity contribution is -0.158. The normalized spacial score (nSPS) is 25.3. The zero-order valence-electron chi connectivity index (χ0n) is 73.5. The number of H-pyrrole nitrogens is 1. The molecule has 10 fully saturated rings. The van der Waals surface area contributed by atoms with Crippen LogP contribution in [0.3, 0.4) is 0 Å². The molecule has 4 bridgehead atoms. The number of rotatable bonds is 8. The number of sulfonamides is 2. The number of aromatic nitrogens is 1. The molecule has 0 saturated carbocycles. The smallest absolute Gasteiger partial charge is 0.335 e. The summed E-state index contributed by atoms with van der Waals surface area (Å²) in [5, 5.41) is -1.34. The Labute approximate surface area is 940 Å². The van der Waals surface area contributed by atoms with Gasteiger partial charge in [0.15, 0.2) is 30.7 Å². The molecule has 144 heavy (non-hydrogen) atoms. The standard InChI is InChI=1S/C29H22N4O2S3.C29H23N3O4S3.C29H25N3O4S3.O2S.S25/c1-31-24-23(34)33-25-28(16-29(33,26(31)35)38-27(36)37-24,20-15-30-21-13-7-5-11-18(20)21)19-12-6-8-14-22(19)32(25)17-9-3-2-4-10-17;1-30-25-24(33)31-26-28(17-29(31,27(30)34)38-37-25,21-16-15-18-9-5-6-12-20(18)21)22-13-7-8-14-23(22)32(26)39(35,36)19-10-3-2-4-11-19;1-30-25(37)24(33)31-26-28(17-29(31,38)27(30)34,21-16-15-18-9-5-6-12-20(18)21)22-13-7-8-14-23(22)32(26)39(35,36)19-10-3-2-4-11-19;1-3-2;1-3-5-7-9-11-13-15-17-19-21-23-25-24-22-20-18-16-14-12-10-8-6-4-2/h2-15,24-25,30H,16H2,1H3;2-14,16,25-26H,15,17H2,1H3;2-14,16,25-26,37-38H,15,17H2,1H3;;/t24-,25-,28?,29?;2*25-,26-,28-,29-;;/m100../s1. The Kier molecular flexibility index (Phi) is 34.3. The SMILES string of the molecule is CN1C(=O)C23CC4(c5c[nH]c6ccccc56)c5ccccc5N(c5ccccc5)[C@@H]4N2C(=O)[C@H]1SC(=S)S3.CN1C(=O)[C@@]2(S)C[C@]3(C4=CCc5ccccc54)c4ccccc4N(S(=O)(=O)c4ccccc4)[C@@H]3N2C(=O)[C@@H]1S.CN1C(=O)[C@@]23C[C@]4(C5=CCc6ccccc65)c5ccccc5N(S(=O)(=O)c5ccccc5)[C@@H]4N2C(=O)[C@@H]1SS3.O=S=O.S=S=S=S=S=S=S=S=S=S=S=S=S=S=S=S=S=S=S=S=S=S=S=S=S. The number of likely N-dealkylation sites (N-methyl/N-ethyl adjacent to an activating group) is 3. The molecule has 12 atom stereocenters. The van der Waals surface area contributed by atoms with Gasteiger partial charge in [-0.2, -0.15) is 8.42 Å². The molecule has 2 aliphatic carbocycles. The van der Waals surface area contributed by atoms with E-state index in [2.05, 4.69) is 102 Å². The van der Waals surface area contributed by atoms with E-state index in [4.69, 9.17) is 55.6 Å². The van der Waals surface area contributed by atoms with Gasteiger partial charge in [0.05, 0.1) is 37.4 Å². The highest BCUT2D eigenvalue weighted by molar-refractivity contribution is 8.79. The molecule has 9 aromatic carbocycles. The number of thiocarbonyl (C=S) groups is 1. The van der Waals surface area contributed by atoms with E-state index in [1.807, 2.05) is 170 Å². The number of benzene rings is 9. The number of nitrogens with one attached hydrogen (secondary N) is 1. The Morgan fingerprint density at radius 3 is 1.30 bits per heavy atom. The first-order chi connectivity index (χ1) is 69.8. The van der Waals surface area contributed by atoms with Gasteiger partial charge in [-0.3, -0.25) is 43.5 Å². The molecule has 6 amide bonds. The lowest BCUT2D eigenvalue weighted by Crippen LogP contribution is -2.72. The van der Waals surface area contributed by atoms with Gasteiger partial charge in [-0.1, -0.05) is 245 Å². The van der Waals surface area contributed by atoms with Crippen molar-refractivity contribution in [3.05, 3.63) is 299 Å². The molecule has 14 heterocycles. The third kappa shape index (κ3) is 18.8. The van der Waals surface area contributed by atoms with Crippen LogP contribution in [0.15, 0.2) is 265 Å². The van der Waals surface area contributed by atoms with Crippen LogP contribution in [0.1, 0.15) is 63.8 Å². The van der Waals surface area contributed by atoms with E-state index in [0.717, 1.165) is 77.9 Å². The first-order valence-electron chi connectivity index (χ1n) is 42.2. The van der Waals surface area contributed by atoms with Crippen molar-refractivity contribution in [1.29, 1.82) is 0 Å². The molecule has 57 heteroatoms. The number of thiol groups is 2. The highest BCUT2D eigenvalue weighted by Gasteiger charge is 2.80. The number of anilines is 4. The number of para-hydroxylation sites is 5. The summed E-state index contributed by atoms with van der Waals surface area (Å²) in [4.78, 5) is 96.2. The summed E-state index contributed by atoms with van der Waals surface area (Å²) in [5.74, 6) is -1.34. The zero-order valence-corrected chi connectivity index (χ0v) is 102. The number of hydrogen-bond donors (Lipinski definition) is 3. The Hall–Kier alpha value is -4.37. The summed E-state index contributed by atoms with van der Waals surface area (Å²) in [7, 11) is 39.4. The highest BCUT2D eigenvalue weighted by Crippen LogP contribution is 2.73. The minimum Gasteiger partial charge on any atom is -0.361 e. The van der Waals surface area contributed by atoms with Gasteiger partial charge in [-0.15, -0.1) is 25.3 Å². The van der Waals surface area contributed by atoms with E-state index in [9.17, 15) is 45.6 Å². The van der Waals surface area contributed by atoms with Crippen molar-refractivity contribution in [3.8, 4) is 0 Å². The summed E-state index contributed by atoms with van der Waals surface area (Å²) >= 11 is 26.7. The lowest BCUT2D eigenvalue weighted by atomic mass is 9.70. The average Bonchev–Trinajstić information content (AvgIpc) is 1.54. The number of thioether (sulfide) groups is 2. The van der Waals surface area contributed by atoms with Gasteiger partial charge in [0, 0.05) is 296 Å². The fraction of sp³-hybridized carbons (Fsp3) is 0.230. The highest BCUT2D eigenvalue weighted by atomic mass is 33.5. The fourth-order valence-electron chi connectivity index (χ4n) is 21.5. The second-order valence-corrected chi connectivity index (χ2v) is 84.7. The first kappa shape index (κ1) is 108. The molecular formula is C87H70N10O12S35. The van der Waals surface area contributed by atoms with E-state index in [1.54, 1.807) is 221 Å². The molecule has 22 nitrogen and oxygen atoms in total. The lowest BCUT2D eigenvalue weighted by Gasteiger charge is -2.53. The number of fused-ring (bicyclic) bond motifs is 19. The molecule has 2 unspecified atom stereocenters. The van der Waals surface area contributed by atoms with Gasteiger partial charge in [0.2, 0.25) is 0 Å². The van der Waals surface area contributed by atoms with Gasteiger partial charge in [-0.05, 0) is 129 Å². The first-order valence-corrected chi connectivity index (χ1v) is 83.0.